The first-order valence-electron chi connectivity index (χ1n) is 5.77. The summed E-state index contributed by atoms with van der Waals surface area (Å²) in [6.07, 6.45) is 7.25. The zero-order chi connectivity index (χ0) is 11.5. The molecule has 16 heavy (non-hydrogen) atoms. The van der Waals surface area contributed by atoms with Crippen molar-refractivity contribution in [3.63, 3.8) is 0 Å². The second-order valence-electron chi connectivity index (χ2n) is 4.57. The molecule has 88 valence electrons. The first kappa shape index (κ1) is 11.8. The van der Waals surface area contributed by atoms with E-state index < -0.39 is 0 Å². The lowest BCUT2D eigenvalue weighted by atomic mass is 10.2. The SMILES string of the molecule is CC(C)Oc1cncc(CC(Br)C2CC2)n1. The molecule has 0 saturated heterocycles. The van der Waals surface area contributed by atoms with Crippen molar-refractivity contribution in [2.75, 3.05) is 0 Å². The smallest absolute Gasteiger partial charge is 0.232 e. The van der Waals surface area contributed by atoms with Crippen LogP contribution in [-0.2, 0) is 6.42 Å². The van der Waals surface area contributed by atoms with Gasteiger partial charge in [0.2, 0.25) is 5.88 Å². The van der Waals surface area contributed by atoms with E-state index in [0.29, 0.717) is 10.7 Å². The van der Waals surface area contributed by atoms with E-state index in [1.54, 1.807) is 6.20 Å². The van der Waals surface area contributed by atoms with Gasteiger partial charge in [-0.2, -0.15) is 0 Å². The maximum absolute atomic E-state index is 5.52. The molecule has 2 rings (SSSR count). The fourth-order valence-electron chi connectivity index (χ4n) is 1.61. The molecule has 1 unspecified atom stereocenters. The summed E-state index contributed by atoms with van der Waals surface area (Å²) >= 11 is 3.71. The predicted molar refractivity (Wildman–Crippen MR) is 66.9 cm³/mol. The molecule has 1 atom stereocenters. The second kappa shape index (κ2) is 5.13. The van der Waals surface area contributed by atoms with Gasteiger partial charge in [0.1, 0.15) is 0 Å². The van der Waals surface area contributed by atoms with Crippen LogP contribution < -0.4 is 4.74 Å². The maximum Gasteiger partial charge on any atom is 0.232 e. The number of hydrogen-bond donors (Lipinski definition) is 0. The van der Waals surface area contributed by atoms with Gasteiger partial charge < -0.3 is 4.74 Å². The first-order chi connectivity index (χ1) is 7.65. The van der Waals surface area contributed by atoms with Crippen LogP contribution in [-0.4, -0.2) is 20.9 Å². The lowest BCUT2D eigenvalue weighted by molar-refractivity contribution is 0.231. The number of halogens is 1. The molecule has 1 aliphatic rings. The summed E-state index contributed by atoms with van der Waals surface area (Å²) in [5, 5.41) is 0. The molecule has 1 aromatic heterocycles. The van der Waals surface area contributed by atoms with Gasteiger partial charge in [0.15, 0.2) is 0 Å². The number of hydrogen-bond acceptors (Lipinski definition) is 3. The highest BCUT2D eigenvalue weighted by Gasteiger charge is 2.29. The molecule has 1 heterocycles. The first-order valence-corrected chi connectivity index (χ1v) is 6.68. The molecular weight excluding hydrogens is 268 g/mol. The van der Waals surface area contributed by atoms with Gasteiger partial charge in [-0.05, 0) is 32.6 Å². The van der Waals surface area contributed by atoms with Gasteiger partial charge in [-0.1, -0.05) is 15.9 Å². The standard InChI is InChI=1S/C12H17BrN2O/c1-8(2)16-12-7-14-6-10(15-12)5-11(13)9-3-4-9/h6-9,11H,3-5H2,1-2H3. The topological polar surface area (TPSA) is 35.0 Å². The minimum absolute atomic E-state index is 0.146. The minimum Gasteiger partial charge on any atom is -0.474 e. The molecular formula is C12H17BrN2O. The molecule has 0 radical (unpaired) electrons. The molecule has 4 heteroatoms. The highest BCUT2D eigenvalue weighted by atomic mass is 79.9. The molecule has 0 spiro atoms. The average Bonchev–Trinajstić information content (AvgIpc) is 2.99. The second-order valence-corrected chi connectivity index (χ2v) is 5.75. The van der Waals surface area contributed by atoms with Gasteiger partial charge in [-0.3, -0.25) is 4.98 Å². The van der Waals surface area contributed by atoms with Gasteiger partial charge in [0.05, 0.1) is 18.0 Å². The number of alkyl halides is 1. The van der Waals surface area contributed by atoms with Crippen LogP contribution in [0.5, 0.6) is 5.88 Å². The van der Waals surface area contributed by atoms with Crippen LogP contribution in [0.1, 0.15) is 32.4 Å². The molecule has 3 nitrogen and oxygen atoms in total. The fraction of sp³-hybridized carbons (Fsp3) is 0.667. The quantitative estimate of drug-likeness (QED) is 0.780. The van der Waals surface area contributed by atoms with Crippen molar-refractivity contribution in [3.8, 4) is 5.88 Å². The van der Waals surface area contributed by atoms with E-state index in [1.165, 1.54) is 12.8 Å². The number of nitrogens with zero attached hydrogens (tertiary/aromatic N) is 2. The largest absolute Gasteiger partial charge is 0.474 e. The van der Waals surface area contributed by atoms with Crippen LogP contribution in [0, 0.1) is 5.92 Å². The van der Waals surface area contributed by atoms with Crippen molar-refractivity contribution >= 4 is 15.9 Å². The summed E-state index contributed by atoms with van der Waals surface area (Å²) in [6.45, 7) is 3.98. The van der Waals surface area contributed by atoms with E-state index in [4.69, 9.17) is 4.74 Å². The minimum atomic E-state index is 0.146. The molecule has 0 bridgehead atoms. The third kappa shape index (κ3) is 3.44. The van der Waals surface area contributed by atoms with Crippen molar-refractivity contribution in [2.24, 2.45) is 5.92 Å². The third-order valence-corrected chi connectivity index (χ3v) is 3.63. The Morgan fingerprint density at radius 1 is 1.44 bits per heavy atom. The van der Waals surface area contributed by atoms with Crippen molar-refractivity contribution in [3.05, 3.63) is 18.1 Å². The molecule has 1 aliphatic carbocycles. The van der Waals surface area contributed by atoms with E-state index in [9.17, 15) is 0 Å². The fourth-order valence-corrected chi connectivity index (χ4v) is 2.47. The number of aromatic nitrogens is 2. The van der Waals surface area contributed by atoms with Crippen LogP contribution in [0.4, 0.5) is 0 Å². The zero-order valence-electron chi connectivity index (χ0n) is 9.69. The van der Waals surface area contributed by atoms with Gasteiger partial charge in [-0.25, -0.2) is 4.98 Å². The van der Waals surface area contributed by atoms with E-state index in [2.05, 4.69) is 25.9 Å². The van der Waals surface area contributed by atoms with Crippen molar-refractivity contribution in [1.82, 2.24) is 9.97 Å². The Kier molecular flexibility index (Phi) is 3.79. The predicted octanol–water partition coefficient (Wildman–Crippen LogP) is 2.98. The van der Waals surface area contributed by atoms with Crippen LogP contribution in [0.15, 0.2) is 12.4 Å². The number of rotatable bonds is 5. The Bertz CT molecular complexity index is 353. The normalized spacial score (nSPS) is 17.5. The Morgan fingerprint density at radius 2 is 2.19 bits per heavy atom. The van der Waals surface area contributed by atoms with E-state index >= 15 is 0 Å². The summed E-state index contributed by atoms with van der Waals surface area (Å²) in [5.41, 5.74) is 1.01. The van der Waals surface area contributed by atoms with Crippen LogP contribution in [0.25, 0.3) is 0 Å². The maximum atomic E-state index is 5.52. The Hall–Kier alpha value is -0.640. The summed E-state index contributed by atoms with van der Waals surface area (Å²) in [6, 6.07) is 0. The lowest BCUT2D eigenvalue weighted by Crippen LogP contribution is -2.10. The van der Waals surface area contributed by atoms with Gasteiger partial charge in [0, 0.05) is 17.4 Å². The van der Waals surface area contributed by atoms with Crippen molar-refractivity contribution < 1.29 is 4.74 Å². The van der Waals surface area contributed by atoms with Gasteiger partial charge >= 0.3 is 0 Å². The van der Waals surface area contributed by atoms with E-state index in [-0.39, 0.29) is 6.10 Å². The molecule has 0 N–H and O–H groups in total. The highest BCUT2D eigenvalue weighted by Crippen LogP contribution is 2.37. The zero-order valence-corrected chi connectivity index (χ0v) is 11.3. The molecule has 1 saturated carbocycles. The summed E-state index contributed by atoms with van der Waals surface area (Å²) in [7, 11) is 0. The highest BCUT2D eigenvalue weighted by molar-refractivity contribution is 9.09. The summed E-state index contributed by atoms with van der Waals surface area (Å²) < 4.78 is 5.52. The molecule has 0 aliphatic heterocycles. The van der Waals surface area contributed by atoms with Crippen LogP contribution in [0.2, 0.25) is 0 Å². The summed E-state index contributed by atoms with van der Waals surface area (Å²) in [5.74, 6) is 1.46. The van der Waals surface area contributed by atoms with Crippen molar-refractivity contribution in [2.45, 2.75) is 44.0 Å². The molecule has 0 amide bonds. The lowest BCUT2D eigenvalue weighted by Gasteiger charge is -2.10. The Labute approximate surface area is 105 Å². The van der Waals surface area contributed by atoms with E-state index in [1.807, 2.05) is 20.0 Å². The van der Waals surface area contributed by atoms with Crippen LogP contribution >= 0.6 is 15.9 Å². The molecule has 1 aromatic rings. The van der Waals surface area contributed by atoms with Crippen molar-refractivity contribution in [1.29, 1.82) is 0 Å². The molecule has 0 aromatic carbocycles. The van der Waals surface area contributed by atoms with Gasteiger partial charge in [0.25, 0.3) is 0 Å². The Morgan fingerprint density at radius 3 is 2.81 bits per heavy atom. The van der Waals surface area contributed by atoms with Crippen LogP contribution in [0.3, 0.4) is 0 Å². The monoisotopic (exact) mass is 284 g/mol. The summed E-state index contributed by atoms with van der Waals surface area (Å²) in [4.78, 5) is 9.15. The molecule has 1 fully saturated rings. The Balaban J connectivity index is 1.97. The third-order valence-electron chi connectivity index (χ3n) is 2.56. The van der Waals surface area contributed by atoms with Gasteiger partial charge in [-0.15, -0.1) is 0 Å². The number of ether oxygens (including phenoxy) is 1. The van der Waals surface area contributed by atoms with E-state index in [0.717, 1.165) is 18.0 Å². The average molecular weight is 285 g/mol.